The molecular formula is C16H17NO2S. The van der Waals surface area contributed by atoms with Crippen LogP contribution in [0, 0.1) is 6.92 Å². The van der Waals surface area contributed by atoms with Crippen LogP contribution in [0.2, 0.25) is 0 Å². The van der Waals surface area contributed by atoms with Crippen LogP contribution in [0.4, 0.5) is 0 Å². The van der Waals surface area contributed by atoms with E-state index in [0.29, 0.717) is 12.6 Å². The number of hydrogen-bond donors (Lipinski definition) is 0. The summed E-state index contributed by atoms with van der Waals surface area (Å²) in [5.41, 5.74) is 0. The smallest absolute Gasteiger partial charge is 0.247 e. The molecule has 0 aliphatic heterocycles. The standard InChI is InChI=1S/C16H17NO2S/c1-12-4-7-14(19-12)8-9-16(18)17(13-5-6-13)11-15-3-2-10-20-15/h2-4,7-10,13H,5-6,11H2,1H3/b9-8+. The van der Waals surface area contributed by atoms with Crippen molar-refractivity contribution in [1.29, 1.82) is 0 Å². The van der Waals surface area contributed by atoms with E-state index in [4.69, 9.17) is 4.42 Å². The van der Waals surface area contributed by atoms with Crippen LogP contribution in [-0.2, 0) is 11.3 Å². The minimum absolute atomic E-state index is 0.0648. The molecule has 1 aliphatic carbocycles. The number of aryl methyl sites for hydroxylation is 1. The molecule has 1 fully saturated rings. The van der Waals surface area contributed by atoms with Gasteiger partial charge in [-0.15, -0.1) is 11.3 Å². The summed E-state index contributed by atoms with van der Waals surface area (Å²) in [4.78, 5) is 15.5. The Morgan fingerprint density at radius 2 is 2.30 bits per heavy atom. The second-order valence-corrected chi connectivity index (χ2v) is 6.09. The van der Waals surface area contributed by atoms with Crippen molar-refractivity contribution in [2.24, 2.45) is 0 Å². The van der Waals surface area contributed by atoms with Gasteiger partial charge in [-0.2, -0.15) is 0 Å². The maximum atomic E-state index is 12.3. The van der Waals surface area contributed by atoms with Gasteiger partial charge in [-0.25, -0.2) is 0 Å². The summed E-state index contributed by atoms with van der Waals surface area (Å²) in [6.45, 7) is 2.61. The highest BCUT2D eigenvalue weighted by Crippen LogP contribution is 2.29. The molecule has 0 radical (unpaired) electrons. The number of nitrogens with zero attached hydrogens (tertiary/aromatic N) is 1. The molecule has 1 saturated carbocycles. The van der Waals surface area contributed by atoms with Gasteiger partial charge in [-0.3, -0.25) is 4.79 Å². The van der Waals surface area contributed by atoms with Gasteiger partial charge in [0.2, 0.25) is 5.91 Å². The second kappa shape index (κ2) is 5.67. The van der Waals surface area contributed by atoms with Crippen LogP contribution in [-0.4, -0.2) is 16.8 Å². The Labute approximate surface area is 122 Å². The number of amides is 1. The van der Waals surface area contributed by atoms with Crippen molar-refractivity contribution in [3.63, 3.8) is 0 Å². The van der Waals surface area contributed by atoms with Gasteiger partial charge in [0.05, 0.1) is 6.54 Å². The average molecular weight is 287 g/mol. The fourth-order valence-electron chi connectivity index (χ4n) is 2.14. The van der Waals surface area contributed by atoms with Gasteiger partial charge in [0.25, 0.3) is 0 Å². The minimum atomic E-state index is 0.0648. The van der Waals surface area contributed by atoms with Gasteiger partial charge in [0.15, 0.2) is 0 Å². The Balaban J connectivity index is 1.68. The van der Waals surface area contributed by atoms with Crippen LogP contribution in [0.25, 0.3) is 6.08 Å². The average Bonchev–Trinajstić information content (AvgIpc) is 2.97. The van der Waals surface area contributed by atoms with Crippen LogP contribution in [0.1, 0.15) is 29.2 Å². The van der Waals surface area contributed by atoms with E-state index in [0.717, 1.165) is 24.4 Å². The third-order valence-corrected chi connectivity index (χ3v) is 4.19. The van der Waals surface area contributed by atoms with Gasteiger partial charge in [-0.1, -0.05) is 6.07 Å². The lowest BCUT2D eigenvalue weighted by Gasteiger charge is -2.19. The molecule has 3 rings (SSSR count). The summed E-state index contributed by atoms with van der Waals surface area (Å²) in [6.07, 6.45) is 5.60. The quantitative estimate of drug-likeness (QED) is 0.783. The summed E-state index contributed by atoms with van der Waals surface area (Å²) in [5, 5.41) is 2.05. The lowest BCUT2D eigenvalue weighted by Crippen LogP contribution is -2.30. The van der Waals surface area contributed by atoms with E-state index in [2.05, 4.69) is 6.07 Å². The monoisotopic (exact) mass is 287 g/mol. The van der Waals surface area contributed by atoms with E-state index in [1.54, 1.807) is 23.5 Å². The van der Waals surface area contributed by atoms with Crippen molar-refractivity contribution in [3.8, 4) is 0 Å². The van der Waals surface area contributed by atoms with E-state index >= 15 is 0 Å². The normalized spacial score (nSPS) is 14.8. The molecule has 2 aromatic rings. The van der Waals surface area contributed by atoms with Gasteiger partial charge in [0, 0.05) is 17.0 Å². The van der Waals surface area contributed by atoms with Crippen LogP contribution in [0.15, 0.2) is 40.1 Å². The van der Waals surface area contributed by atoms with E-state index in [1.165, 1.54) is 4.88 Å². The van der Waals surface area contributed by atoms with E-state index in [9.17, 15) is 4.79 Å². The summed E-state index contributed by atoms with van der Waals surface area (Å²) in [7, 11) is 0. The van der Waals surface area contributed by atoms with Gasteiger partial charge >= 0.3 is 0 Å². The minimum Gasteiger partial charge on any atom is -0.462 e. The molecule has 0 N–H and O–H groups in total. The first-order valence-corrected chi connectivity index (χ1v) is 7.68. The second-order valence-electron chi connectivity index (χ2n) is 5.06. The van der Waals surface area contributed by atoms with Crippen molar-refractivity contribution in [1.82, 2.24) is 4.90 Å². The predicted molar refractivity (Wildman–Crippen MR) is 80.4 cm³/mol. The van der Waals surface area contributed by atoms with E-state index in [1.807, 2.05) is 35.4 Å². The Hall–Kier alpha value is -1.81. The van der Waals surface area contributed by atoms with Crippen molar-refractivity contribution >= 4 is 23.3 Å². The van der Waals surface area contributed by atoms with E-state index < -0.39 is 0 Å². The lowest BCUT2D eigenvalue weighted by molar-refractivity contribution is -0.127. The Morgan fingerprint density at radius 1 is 1.45 bits per heavy atom. The third kappa shape index (κ3) is 3.20. The highest BCUT2D eigenvalue weighted by atomic mass is 32.1. The fourth-order valence-corrected chi connectivity index (χ4v) is 2.84. The van der Waals surface area contributed by atoms with Gasteiger partial charge < -0.3 is 9.32 Å². The molecule has 4 heteroatoms. The first kappa shape index (κ1) is 13.2. The largest absolute Gasteiger partial charge is 0.462 e. The van der Waals surface area contributed by atoms with Crippen LogP contribution in [0.5, 0.6) is 0 Å². The molecule has 20 heavy (non-hydrogen) atoms. The number of thiophene rings is 1. The summed E-state index contributed by atoms with van der Waals surface area (Å²) < 4.78 is 5.44. The summed E-state index contributed by atoms with van der Waals surface area (Å²) in [6, 6.07) is 8.28. The van der Waals surface area contributed by atoms with E-state index in [-0.39, 0.29) is 5.91 Å². The maximum absolute atomic E-state index is 12.3. The molecule has 0 saturated heterocycles. The Morgan fingerprint density at radius 3 is 2.90 bits per heavy atom. The van der Waals surface area contributed by atoms with Crippen molar-refractivity contribution < 1.29 is 9.21 Å². The predicted octanol–water partition coefficient (Wildman–Crippen LogP) is 3.85. The van der Waals surface area contributed by atoms with Crippen molar-refractivity contribution in [2.75, 3.05) is 0 Å². The Bertz CT molecular complexity index is 608. The molecule has 0 unspecified atom stereocenters. The van der Waals surface area contributed by atoms with Crippen molar-refractivity contribution in [2.45, 2.75) is 32.4 Å². The number of hydrogen-bond acceptors (Lipinski definition) is 3. The number of furan rings is 1. The topological polar surface area (TPSA) is 33.5 Å². The number of carbonyl (C=O) groups is 1. The highest BCUT2D eigenvalue weighted by Gasteiger charge is 2.31. The molecule has 2 aromatic heterocycles. The molecule has 0 spiro atoms. The Kier molecular flexibility index (Phi) is 3.74. The van der Waals surface area contributed by atoms with Crippen LogP contribution >= 0.6 is 11.3 Å². The summed E-state index contributed by atoms with van der Waals surface area (Å²) >= 11 is 1.70. The third-order valence-electron chi connectivity index (χ3n) is 3.33. The zero-order chi connectivity index (χ0) is 13.9. The molecule has 104 valence electrons. The number of carbonyl (C=O) groups excluding carboxylic acids is 1. The lowest BCUT2D eigenvalue weighted by atomic mass is 10.3. The fraction of sp³-hybridized carbons (Fsp3) is 0.312. The molecule has 1 aliphatic rings. The van der Waals surface area contributed by atoms with Crippen LogP contribution < -0.4 is 0 Å². The highest BCUT2D eigenvalue weighted by molar-refractivity contribution is 7.09. The van der Waals surface area contributed by atoms with Gasteiger partial charge in [0.1, 0.15) is 11.5 Å². The maximum Gasteiger partial charge on any atom is 0.247 e. The first-order chi connectivity index (χ1) is 9.72. The zero-order valence-corrected chi connectivity index (χ0v) is 12.2. The zero-order valence-electron chi connectivity index (χ0n) is 11.4. The van der Waals surface area contributed by atoms with Crippen LogP contribution in [0.3, 0.4) is 0 Å². The molecule has 0 aromatic carbocycles. The summed E-state index contributed by atoms with van der Waals surface area (Å²) in [5.74, 6) is 1.65. The molecule has 1 amide bonds. The van der Waals surface area contributed by atoms with Gasteiger partial charge in [-0.05, 0) is 49.4 Å². The SMILES string of the molecule is Cc1ccc(/C=C/C(=O)N(Cc2cccs2)C2CC2)o1. The first-order valence-electron chi connectivity index (χ1n) is 6.80. The molecule has 0 bridgehead atoms. The molecule has 0 atom stereocenters. The molecular weight excluding hydrogens is 270 g/mol. The number of rotatable bonds is 5. The molecule has 2 heterocycles. The van der Waals surface area contributed by atoms with Crippen molar-refractivity contribution in [3.05, 3.63) is 52.1 Å². The molecule has 3 nitrogen and oxygen atoms in total.